The molecular weight excluding hydrogens is 463 g/mol. The van der Waals surface area contributed by atoms with Crippen molar-refractivity contribution in [1.82, 2.24) is 14.6 Å². The molecule has 1 saturated heterocycles. The van der Waals surface area contributed by atoms with Crippen LogP contribution in [0.5, 0.6) is 11.6 Å². The van der Waals surface area contributed by atoms with Crippen LogP contribution < -0.4 is 20.1 Å². The molecule has 9 nitrogen and oxygen atoms in total. The van der Waals surface area contributed by atoms with E-state index in [0.29, 0.717) is 25.3 Å². The molecule has 0 radical (unpaired) electrons. The summed E-state index contributed by atoms with van der Waals surface area (Å²) < 4.78 is 34.5. The Labute approximate surface area is 201 Å². The number of unbranched alkanes of at least 4 members (excludes halogenated alkanes) is 1. The van der Waals surface area contributed by atoms with E-state index in [2.05, 4.69) is 19.9 Å². The monoisotopic (exact) mass is 492 g/mol. The number of likely N-dealkylation sites (tertiary alicyclic amines) is 1. The van der Waals surface area contributed by atoms with E-state index in [9.17, 15) is 14.0 Å². The zero-order valence-electron chi connectivity index (χ0n) is 19.2. The van der Waals surface area contributed by atoms with E-state index in [-0.39, 0.29) is 28.6 Å². The van der Waals surface area contributed by atoms with Gasteiger partial charge in [-0.05, 0) is 69.0 Å². The zero-order chi connectivity index (χ0) is 23.9. The number of urea groups is 1. The lowest BCUT2D eigenvalue weighted by molar-refractivity contribution is 0.0596. The van der Waals surface area contributed by atoms with Crippen LogP contribution in [0.1, 0.15) is 47.2 Å². The van der Waals surface area contributed by atoms with Gasteiger partial charge in [-0.15, -0.1) is 0 Å². The maximum absolute atomic E-state index is 14.4. The fourth-order valence-electron chi connectivity index (χ4n) is 4.05. The largest absolute Gasteiger partial charge is 0.493 e. The standard InChI is InChI=1S/C23H29FN4O5S/c1-31-22(29)19-20(33-14-16-13-18-15(6-11-32-18)12-17(16)24)27-34-21(19)26-23(30)25-7-2-3-8-28-9-4-5-10-28/h12-13H,2-11,14H2,1H3,(H2,25,26,30). The number of nitrogens with zero attached hydrogens (tertiary/aromatic N) is 2. The van der Waals surface area contributed by atoms with Crippen LogP contribution in [0.3, 0.4) is 0 Å². The summed E-state index contributed by atoms with van der Waals surface area (Å²) in [5.41, 5.74) is 1.10. The zero-order valence-corrected chi connectivity index (χ0v) is 20.0. The van der Waals surface area contributed by atoms with Crippen LogP contribution in [-0.2, 0) is 17.8 Å². The number of amides is 2. The fraction of sp³-hybridized carbons (Fsp3) is 0.522. The van der Waals surface area contributed by atoms with E-state index in [1.165, 1.54) is 26.0 Å². The summed E-state index contributed by atoms with van der Waals surface area (Å²) in [5, 5.41) is 5.64. The Hall–Kier alpha value is -2.92. The normalized spacial score (nSPS) is 15.0. The second-order valence-electron chi connectivity index (χ2n) is 8.26. The molecule has 2 aliphatic rings. The van der Waals surface area contributed by atoms with Crippen LogP contribution in [0.4, 0.5) is 14.2 Å². The predicted molar refractivity (Wildman–Crippen MR) is 125 cm³/mol. The fourth-order valence-corrected chi connectivity index (χ4v) is 4.77. The van der Waals surface area contributed by atoms with Crippen LogP contribution >= 0.6 is 11.5 Å². The molecule has 0 aliphatic carbocycles. The SMILES string of the molecule is COC(=O)c1c(OCc2cc3c(cc2F)CCO3)nsc1NC(=O)NCCCCN1CCCC1. The first-order valence-electron chi connectivity index (χ1n) is 11.5. The third-order valence-corrected chi connectivity index (χ3v) is 6.63. The van der Waals surface area contributed by atoms with E-state index >= 15 is 0 Å². The van der Waals surface area contributed by atoms with Crippen molar-refractivity contribution in [2.75, 3.05) is 45.2 Å². The van der Waals surface area contributed by atoms with Crippen molar-refractivity contribution in [1.29, 1.82) is 0 Å². The number of anilines is 1. The predicted octanol–water partition coefficient (Wildman–Crippen LogP) is 3.58. The maximum Gasteiger partial charge on any atom is 0.346 e. The molecule has 2 aliphatic heterocycles. The summed E-state index contributed by atoms with van der Waals surface area (Å²) in [6.07, 6.45) is 5.07. The van der Waals surface area contributed by atoms with E-state index < -0.39 is 17.8 Å². The summed E-state index contributed by atoms with van der Waals surface area (Å²) in [6.45, 7) is 4.25. The molecule has 11 heteroatoms. The molecule has 1 aromatic heterocycles. The van der Waals surface area contributed by atoms with Crippen LogP contribution in [0.15, 0.2) is 12.1 Å². The van der Waals surface area contributed by atoms with Gasteiger partial charge < -0.3 is 24.4 Å². The molecule has 2 amide bonds. The van der Waals surface area contributed by atoms with Crippen LogP contribution in [0, 0.1) is 5.82 Å². The maximum atomic E-state index is 14.4. The molecule has 1 fully saturated rings. The number of methoxy groups -OCH3 is 1. The van der Waals surface area contributed by atoms with Crippen molar-refractivity contribution in [3.05, 3.63) is 34.6 Å². The molecule has 3 heterocycles. The summed E-state index contributed by atoms with van der Waals surface area (Å²) in [4.78, 5) is 27.1. The Balaban J connectivity index is 1.32. The molecular formula is C23H29FN4O5S. The van der Waals surface area contributed by atoms with Crippen molar-refractivity contribution < 1.29 is 28.2 Å². The van der Waals surface area contributed by atoms with Gasteiger partial charge in [0.1, 0.15) is 23.2 Å². The van der Waals surface area contributed by atoms with Crippen molar-refractivity contribution >= 4 is 28.5 Å². The molecule has 2 aromatic rings. The van der Waals surface area contributed by atoms with Gasteiger partial charge in [-0.25, -0.2) is 14.0 Å². The number of carbonyl (C=O) groups is 2. The van der Waals surface area contributed by atoms with Gasteiger partial charge in [0.25, 0.3) is 0 Å². The van der Waals surface area contributed by atoms with Gasteiger partial charge in [-0.3, -0.25) is 5.32 Å². The number of esters is 1. The number of benzene rings is 1. The average Bonchev–Trinajstić information content (AvgIpc) is 3.58. The Bertz CT molecular complexity index is 1030. The van der Waals surface area contributed by atoms with Gasteiger partial charge in [0.05, 0.1) is 13.7 Å². The van der Waals surface area contributed by atoms with Crippen molar-refractivity contribution in [3.63, 3.8) is 0 Å². The lowest BCUT2D eigenvalue weighted by atomic mass is 10.1. The van der Waals surface area contributed by atoms with Crippen molar-refractivity contribution in [2.45, 2.75) is 38.7 Å². The van der Waals surface area contributed by atoms with E-state index in [1.54, 1.807) is 6.07 Å². The second kappa shape index (κ2) is 11.5. The number of halogens is 1. The number of carbonyl (C=O) groups excluding carboxylic acids is 2. The highest BCUT2D eigenvalue weighted by Crippen LogP contribution is 2.33. The van der Waals surface area contributed by atoms with E-state index in [0.717, 1.165) is 49.6 Å². The molecule has 2 N–H and O–H groups in total. The van der Waals surface area contributed by atoms with E-state index in [1.807, 2.05) is 0 Å². The Kier molecular flexibility index (Phi) is 8.17. The third kappa shape index (κ3) is 5.95. The minimum Gasteiger partial charge on any atom is -0.493 e. The Morgan fingerprint density at radius 1 is 1.26 bits per heavy atom. The van der Waals surface area contributed by atoms with Gasteiger partial charge in [0, 0.05) is 24.1 Å². The number of hydrogen-bond acceptors (Lipinski definition) is 8. The summed E-state index contributed by atoms with van der Waals surface area (Å²) >= 11 is 0.895. The average molecular weight is 493 g/mol. The van der Waals surface area contributed by atoms with Gasteiger partial charge in [0.2, 0.25) is 5.88 Å². The minimum absolute atomic E-state index is 0.00509. The van der Waals surface area contributed by atoms with Gasteiger partial charge >= 0.3 is 12.0 Å². The van der Waals surface area contributed by atoms with Gasteiger partial charge in [-0.2, -0.15) is 4.37 Å². The topological polar surface area (TPSA) is 102 Å². The molecule has 0 bridgehead atoms. The summed E-state index contributed by atoms with van der Waals surface area (Å²) in [6, 6.07) is 2.59. The van der Waals surface area contributed by atoms with Crippen molar-refractivity contribution in [3.8, 4) is 11.6 Å². The highest BCUT2D eigenvalue weighted by Gasteiger charge is 2.25. The van der Waals surface area contributed by atoms with Crippen molar-refractivity contribution in [2.24, 2.45) is 0 Å². The van der Waals surface area contributed by atoms with Gasteiger partial charge in [0.15, 0.2) is 5.56 Å². The Morgan fingerprint density at radius 2 is 2.09 bits per heavy atom. The first kappa shape index (κ1) is 24.2. The van der Waals surface area contributed by atoms with Crippen LogP contribution in [-0.4, -0.2) is 61.2 Å². The lowest BCUT2D eigenvalue weighted by Gasteiger charge is -2.14. The summed E-state index contributed by atoms with van der Waals surface area (Å²) in [7, 11) is 1.23. The molecule has 0 atom stereocenters. The molecule has 0 spiro atoms. The number of fused-ring (bicyclic) bond motifs is 1. The number of hydrogen-bond donors (Lipinski definition) is 2. The lowest BCUT2D eigenvalue weighted by Crippen LogP contribution is -2.30. The highest BCUT2D eigenvalue weighted by atomic mass is 32.1. The number of ether oxygens (including phenoxy) is 3. The van der Waals surface area contributed by atoms with Crippen LogP contribution in [0.2, 0.25) is 0 Å². The number of nitrogens with one attached hydrogen (secondary N) is 2. The molecule has 4 rings (SSSR count). The molecule has 34 heavy (non-hydrogen) atoms. The molecule has 184 valence electrons. The quantitative estimate of drug-likeness (QED) is 0.386. The van der Waals surface area contributed by atoms with Crippen LogP contribution in [0.25, 0.3) is 0 Å². The Morgan fingerprint density at radius 3 is 2.88 bits per heavy atom. The second-order valence-corrected chi connectivity index (χ2v) is 9.03. The minimum atomic E-state index is -0.706. The summed E-state index contributed by atoms with van der Waals surface area (Å²) in [5.74, 6) is -0.520. The number of aromatic nitrogens is 1. The van der Waals surface area contributed by atoms with E-state index in [4.69, 9.17) is 14.2 Å². The molecule has 0 unspecified atom stereocenters. The molecule has 1 aromatic carbocycles. The first-order chi connectivity index (χ1) is 16.5. The van der Waals surface area contributed by atoms with Gasteiger partial charge in [-0.1, -0.05) is 0 Å². The molecule has 0 saturated carbocycles. The smallest absolute Gasteiger partial charge is 0.346 e. The highest BCUT2D eigenvalue weighted by molar-refractivity contribution is 7.11. The number of rotatable bonds is 10. The first-order valence-corrected chi connectivity index (χ1v) is 12.2. The third-order valence-electron chi connectivity index (χ3n) is 5.89.